The molecule has 5 nitrogen and oxygen atoms in total. The standard InChI is InChI=1S/C12H10ClNO4/c1-7-4-8(2-3-9(7)13)17-5-10-11(12(15)16)14-6-18-10/h2-4,6H,5H2,1H3,(H,15,16). The van der Waals surface area contributed by atoms with Crippen LogP contribution in [0.4, 0.5) is 0 Å². The first-order chi connectivity index (χ1) is 8.58. The summed E-state index contributed by atoms with van der Waals surface area (Å²) in [5, 5.41) is 9.48. The molecule has 0 saturated heterocycles. The molecule has 2 rings (SSSR count). The molecular formula is C12H10ClNO4. The Kier molecular flexibility index (Phi) is 3.53. The van der Waals surface area contributed by atoms with Crippen molar-refractivity contribution in [3.63, 3.8) is 0 Å². The number of aryl methyl sites for hydroxylation is 1. The molecule has 94 valence electrons. The van der Waals surface area contributed by atoms with Crippen molar-refractivity contribution in [2.75, 3.05) is 0 Å². The van der Waals surface area contributed by atoms with Gasteiger partial charge in [-0.1, -0.05) is 11.6 Å². The fourth-order valence-corrected chi connectivity index (χ4v) is 1.52. The summed E-state index contributed by atoms with van der Waals surface area (Å²) in [4.78, 5) is 14.4. The van der Waals surface area contributed by atoms with Gasteiger partial charge in [0.2, 0.25) is 0 Å². The van der Waals surface area contributed by atoms with Gasteiger partial charge < -0.3 is 14.3 Å². The summed E-state index contributed by atoms with van der Waals surface area (Å²) < 4.78 is 10.4. The highest BCUT2D eigenvalue weighted by molar-refractivity contribution is 6.31. The summed E-state index contributed by atoms with van der Waals surface area (Å²) in [6, 6.07) is 5.18. The van der Waals surface area contributed by atoms with Crippen LogP contribution in [0.15, 0.2) is 29.0 Å². The Morgan fingerprint density at radius 1 is 1.56 bits per heavy atom. The minimum Gasteiger partial charge on any atom is -0.486 e. The minimum atomic E-state index is -1.14. The molecule has 0 aliphatic carbocycles. The maximum absolute atomic E-state index is 10.8. The largest absolute Gasteiger partial charge is 0.486 e. The van der Waals surface area contributed by atoms with Gasteiger partial charge in [-0.25, -0.2) is 9.78 Å². The van der Waals surface area contributed by atoms with Crippen LogP contribution < -0.4 is 4.74 Å². The quantitative estimate of drug-likeness (QED) is 0.922. The lowest BCUT2D eigenvalue weighted by molar-refractivity contribution is 0.0686. The zero-order valence-corrected chi connectivity index (χ0v) is 10.3. The van der Waals surface area contributed by atoms with Gasteiger partial charge in [0, 0.05) is 5.02 Å². The molecule has 0 radical (unpaired) electrons. The molecule has 0 aliphatic rings. The molecule has 0 bridgehead atoms. The van der Waals surface area contributed by atoms with E-state index in [1.165, 1.54) is 0 Å². The lowest BCUT2D eigenvalue weighted by atomic mass is 10.2. The Labute approximate surface area is 108 Å². The van der Waals surface area contributed by atoms with E-state index in [4.69, 9.17) is 25.9 Å². The predicted octanol–water partition coefficient (Wildman–Crippen LogP) is 2.91. The molecule has 0 saturated carbocycles. The van der Waals surface area contributed by atoms with Gasteiger partial charge in [0.15, 0.2) is 17.8 Å². The van der Waals surface area contributed by atoms with Crippen molar-refractivity contribution < 1.29 is 19.1 Å². The number of aromatic nitrogens is 1. The van der Waals surface area contributed by atoms with Gasteiger partial charge in [0.05, 0.1) is 0 Å². The van der Waals surface area contributed by atoms with Crippen LogP contribution in [0.1, 0.15) is 21.8 Å². The summed E-state index contributed by atoms with van der Waals surface area (Å²) >= 11 is 5.89. The first-order valence-electron chi connectivity index (χ1n) is 5.12. The fourth-order valence-electron chi connectivity index (χ4n) is 1.40. The van der Waals surface area contributed by atoms with Gasteiger partial charge in [-0.15, -0.1) is 0 Å². The van der Waals surface area contributed by atoms with Crippen LogP contribution in [-0.2, 0) is 6.61 Å². The van der Waals surface area contributed by atoms with Crippen LogP contribution in [0.2, 0.25) is 5.02 Å². The molecule has 0 unspecified atom stereocenters. The van der Waals surface area contributed by atoms with E-state index in [1.54, 1.807) is 18.2 Å². The molecule has 18 heavy (non-hydrogen) atoms. The lowest BCUT2D eigenvalue weighted by Crippen LogP contribution is -2.04. The van der Waals surface area contributed by atoms with Crippen LogP contribution in [0, 0.1) is 6.92 Å². The van der Waals surface area contributed by atoms with Crippen molar-refractivity contribution in [2.24, 2.45) is 0 Å². The van der Waals surface area contributed by atoms with Gasteiger partial charge >= 0.3 is 5.97 Å². The van der Waals surface area contributed by atoms with Crippen molar-refractivity contribution >= 4 is 17.6 Å². The van der Waals surface area contributed by atoms with E-state index in [0.717, 1.165) is 12.0 Å². The topological polar surface area (TPSA) is 72.6 Å². The van der Waals surface area contributed by atoms with Crippen LogP contribution in [0.5, 0.6) is 5.75 Å². The van der Waals surface area contributed by atoms with Gasteiger partial charge in [-0.2, -0.15) is 0 Å². The molecule has 0 fully saturated rings. The van der Waals surface area contributed by atoms with Gasteiger partial charge in [-0.3, -0.25) is 0 Å². The molecular weight excluding hydrogens is 258 g/mol. The monoisotopic (exact) mass is 267 g/mol. The van der Waals surface area contributed by atoms with E-state index in [0.29, 0.717) is 10.8 Å². The van der Waals surface area contributed by atoms with Crippen molar-refractivity contribution in [2.45, 2.75) is 13.5 Å². The summed E-state index contributed by atoms with van der Waals surface area (Å²) in [5.41, 5.74) is 0.742. The summed E-state index contributed by atoms with van der Waals surface area (Å²) in [6.45, 7) is 1.86. The number of carbonyl (C=O) groups is 1. The second kappa shape index (κ2) is 5.10. The average molecular weight is 268 g/mol. The number of oxazole rings is 1. The number of rotatable bonds is 4. The number of hydrogen-bond donors (Lipinski definition) is 1. The highest BCUT2D eigenvalue weighted by Crippen LogP contribution is 2.22. The second-order valence-electron chi connectivity index (χ2n) is 3.63. The number of benzene rings is 1. The van der Waals surface area contributed by atoms with E-state index in [9.17, 15) is 4.79 Å². The van der Waals surface area contributed by atoms with Crippen LogP contribution in [-0.4, -0.2) is 16.1 Å². The normalized spacial score (nSPS) is 10.3. The highest BCUT2D eigenvalue weighted by atomic mass is 35.5. The molecule has 0 aliphatic heterocycles. The number of ether oxygens (including phenoxy) is 1. The zero-order valence-electron chi connectivity index (χ0n) is 9.51. The number of nitrogens with zero attached hydrogens (tertiary/aromatic N) is 1. The van der Waals surface area contributed by atoms with Crippen LogP contribution in [0.25, 0.3) is 0 Å². The first kappa shape index (κ1) is 12.4. The minimum absolute atomic E-state index is 0.00268. The first-order valence-corrected chi connectivity index (χ1v) is 5.50. The smallest absolute Gasteiger partial charge is 0.358 e. The molecule has 0 amide bonds. The summed E-state index contributed by atoms with van der Waals surface area (Å²) in [5.74, 6) is -0.380. The third kappa shape index (κ3) is 2.62. The number of carboxylic acid groups (broad SMARTS) is 1. The van der Waals surface area contributed by atoms with Crippen molar-refractivity contribution in [3.8, 4) is 5.75 Å². The van der Waals surface area contributed by atoms with E-state index in [-0.39, 0.29) is 18.1 Å². The Hall–Kier alpha value is -2.01. The van der Waals surface area contributed by atoms with Gasteiger partial charge in [-0.05, 0) is 30.7 Å². The van der Waals surface area contributed by atoms with E-state index in [2.05, 4.69) is 4.98 Å². The lowest BCUT2D eigenvalue weighted by Gasteiger charge is -2.06. The van der Waals surface area contributed by atoms with Crippen LogP contribution in [0.3, 0.4) is 0 Å². The molecule has 0 atom stereocenters. The molecule has 2 aromatic rings. The second-order valence-corrected chi connectivity index (χ2v) is 4.04. The Bertz CT molecular complexity index is 579. The number of carboxylic acids is 1. The maximum Gasteiger partial charge on any atom is 0.358 e. The fraction of sp³-hybridized carbons (Fsp3) is 0.167. The van der Waals surface area contributed by atoms with Gasteiger partial charge in [0.25, 0.3) is 0 Å². The molecule has 6 heteroatoms. The van der Waals surface area contributed by atoms with Crippen LogP contribution >= 0.6 is 11.6 Å². The SMILES string of the molecule is Cc1cc(OCc2ocnc2C(=O)O)ccc1Cl. The maximum atomic E-state index is 10.8. The molecule has 1 N–H and O–H groups in total. The van der Waals surface area contributed by atoms with Gasteiger partial charge in [0.1, 0.15) is 12.4 Å². The van der Waals surface area contributed by atoms with Crippen molar-refractivity contribution in [1.82, 2.24) is 4.98 Å². The summed E-state index contributed by atoms with van der Waals surface area (Å²) in [7, 11) is 0. The average Bonchev–Trinajstić information content (AvgIpc) is 2.79. The molecule has 1 heterocycles. The predicted molar refractivity (Wildman–Crippen MR) is 64.0 cm³/mol. The number of halogens is 1. The third-order valence-electron chi connectivity index (χ3n) is 2.34. The molecule has 1 aromatic heterocycles. The number of aromatic carboxylic acids is 1. The Balaban J connectivity index is 2.09. The third-order valence-corrected chi connectivity index (χ3v) is 2.77. The zero-order chi connectivity index (χ0) is 13.1. The highest BCUT2D eigenvalue weighted by Gasteiger charge is 2.15. The summed E-state index contributed by atoms with van der Waals surface area (Å²) in [6.07, 6.45) is 1.08. The van der Waals surface area contributed by atoms with E-state index < -0.39 is 5.97 Å². The Morgan fingerprint density at radius 3 is 3.00 bits per heavy atom. The number of hydrogen-bond acceptors (Lipinski definition) is 4. The van der Waals surface area contributed by atoms with E-state index >= 15 is 0 Å². The van der Waals surface area contributed by atoms with Crippen molar-refractivity contribution in [1.29, 1.82) is 0 Å². The Morgan fingerprint density at radius 2 is 2.33 bits per heavy atom. The van der Waals surface area contributed by atoms with E-state index in [1.807, 2.05) is 6.92 Å². The molecule has 1 aromatic carbocycles. The van der Waals surface area contributed by atoms with Crippen molar-refractivity contribution in [3.05, 3.63) is 46.6 Å². The molecule has 0 spiro atoms.